The van der Waals surface area contributed by atoms with E-state index >= 15 is 0 Å². The van der Waals surface area contributed by atoms with E-state index in [1.165, 1.54) is 24.3 Å². The third kappa shape index (κ3) is 3.19. The number of nitro groups is 1. The van der Waals surface area contributed by atoms with E-state index < -0.39 is 10.8 Å². The van der Waals surface area contributed by atoms with Gasteiger partial charge in [-0.15, -0.1) is 10.2 Å². The van der Waals surface area contributed by atoms with Gasteiger partial charge >= 0.3 is 0 Å². The lowest BCUT2D eigenvalue weighted by Crippen LogP contribution is -2.14. The van der Waals surface area contributed by atoms with Gasteiger partial charge in [0.25, 0.3) is 11.6 Å². The average molecular weight is 313 g/mol. The topological polar surface area (TPSA) is 98.0 Å². The van der Waals surface area contributed by atoms with Gasteiger partial charge in [-0.3, -0.25) is 14.9 Å². The summed E-state index contributed by atoms with van der Waals surface area (Å²) in [5.74, 6) is -0.365. The number of benzene rings is 1. The van der Waals surface area contributed by atoms with Gasteiger partial charge in [0.2, 0.25) is 0 Å². The van der Waals surface area contributed by atoms with Crippen molar-refractivity contribution in [3.05, 3.63) is 56.2 Å². The number of hydrogen-bond donors (Lipinski definition) is 1. The van der Waals surface area contributed by atoms with Crippen LogP contribution < -0.4 is 5.32 Å². The summed E-state index contributed by atoms with van der Waals surface area (Å²) in [6.07, 6.45) is 0. The Morgan fingerprint density at radius 1 is 1.20 bits per heavy atom. The van der Waals surface area contributed by atoms with Gasteiger partial charge in [-0.1, -0.05) is 23.2 Å². The number of non-ortho nitro benzene ring substituents is 1. The minimum Gasteiger partial charge on any atom is -0.305 e. The molecule has 1 heterocycles. The van der Waals surface area contributed by atoms with Crippen LogP contribution in [0.4, 0.5) is 11.5 Å². The van der Waals surface area contributed by atoms with E-state index in [1.807, 2.05) is 0 Å². The molecule has 1 amide bonds. The number of hydrogen-bond acceptors (Lipinski definition) is 5. The van der Waals surface area contributed by atoms with E-state index in [-0.39, 0.29) is 27.2 Å². The summed E-state index contributed by atoms with van der Waals surface area (Å²) in [6, 6.07) is 6.48. The summed E-state index contributed by atoms with van der Waals surface area (Å²) >= 11 is 11.4. The van der Waals surface area contributed by atoms with E-state index in [0.29, 0.717) is 0 Å². The first-order chi connectivity index (χ1) is 9.47. The molecule has 0 aliphatic rings. The molecule has 0 spiro atoms. The van der Waals surface area contributed by atoms with Crippen molar-refractivity contribution in [1.29, 1.82) is 0 Å². The second-order valence-electron chi connectivity index (χ2n) is 3.62. The van der Waals surface area contributed by atoms with Crippen LogP contribution in [0.1, 0.15) is 10.4 Å². The molecule has 1 aromatic heterocycles. The molecular weight excluding hydrogens is 307 g/mol. The van der Waals surface area contributed by atoms with Crippen LogP contribution >= 0.6 is 23.2 Å². The van der Waals surface area contributed by atoms with Gasteiger partial charge < -0.3 is 5.32 Å². The van der Waals surface area contributed by atoms with Crippen molar-refractivity contribution < 1.29 is 9.72 Å². The van der Waals surface area contributed by atoms with Crippen LogP contribution in [0, 0.1) is 10.1 Å². The predicted octanol–water partition coefficient (Wildman–Crippen LogP) is 2.94. The molecule has 0 unspecified atom stereocenters. The first-order valence-corrected chi connectivity index (χ1v) is 5.97. The Kier molecular flexibility index (Phi) is 4.11. The Balaban J connectivity index is 2.21. The molecule has 9 heteroatoms. The highest BCUT2D eigenvalue weighted by molar-refractivity contribution is 6.34. The Morgan fingerprint density at radius 2 is 1.95 bits per heavy atom. The number of aromatic nitrogens is 2. The SMILES string of the molecule is O=C(Nc1ccc(Cl)nn1)c1ccc([N+](=O)[O-])cc1Cl. The summed E-state index contributed by atoms with van der Waals surface area (Å²) < 4.78 is 0. The number of nitro benzene ring substituents is 1. The number of rotatable bonds is 3. The third-order valence-corrected chi connectivity index (χ3v) is 2.80. The number of amides is 1. The van der Waals surface area contributed by atoms with Crippen molar-refractivity contribution in [2.45, 2.75) is 0 Å². The van der Waals surface area contributed by atoms with Crippen molar-refractivity contribution in [1.82, 2.24) is 10.2 Å². The quantitative estimate of drug-likeness (QED) is 0.694. The summed E-state index contributed by atoms with van der Waals surface area (Å²) in [7, 11) is 0. The molecule has 0 aliphatic heterocycles. The molecule has 1 N–H and O–H groups in total. The molecule has 0 fully saturated rings. The first kappa shape index (κ1) is 14.2. The Bertz CT molecular complexity index is 676. The van der Waals surface area contributed by atoms with Crippen LogP contribution in [0.3, 0.4) is 0 Å². The van der Waals surface area contributed by atoms with Crippen LogP contribution in [-0.2, 0) is 0 Å². The molecule has 7 nitrogen and oxygen atoms in total. The summed E-state index contributed by atoms with van der Waals surface area (Å²) in [6.45, 7) is 0. The third-order valence-electron chi connectivity index (χ3n) is 2.28. The maximum atomic E-state index is 11.9. The van der Waals surface area contributed by atoms with E-state index in [4.69, 9.17) is 23.2 Å². The fourth-order valence-corrected chi connectivity index (χ4v) is 1.73. The number of carbonyl (C=O) groups excluding carboxylic acids is 1. The van der Waals surface area contributed by atoms with Gasteiger partial charge in [0.05, 0.1) is 15.5 Å². The van der Waals surface area contributed by atoms with Gasteiger partial charge in [-0.05, 0) is 18.2 Å². The molecule has 20 heavy (non-hydrogen) atoms. The monoisotopic (exact) mass is 312 g/mol. The Morgan fingerprint density at radius 3 is 2.50 bits per heavy atom. The number of nitrogens with zero attached hydrogens (tertiary/aromatic N) is 3. The second-order valence-corrected chi connectivity index (χ2v) is 4.41. The number of halogens is 2. The van der Waals surface area contributed by atoms with Crippen LogP contribution in [0.2, 0.25) is 10.2 Å². The highest BCUT2D eigenvalue weighted by Gasteiger charge is 2.15. The molecule has 0 aliphatic carbocycles. The van der Waals surface area contributed by atoms with Gasteiger partial charge in [-0.25, -0.2) is 0 Å². The lowest BCUT2D eigenvalue weighted by atomic mass is 10.2. The molecule has 0 saturated carbocycles. The fraction of sp³-hybridized carbons (Fsp3) is 0. The maximum absolute atomic E-state index is 11.9. The summed E-state index contributed by atoms with van der Waals surface area (Å²) in [4.78, 5) is 21.9. The van der Waals surface area contributed by atoms with Gasteiger partial charge in [0, 0.05) is 12.1 Å². The van der Waals surface area contributed by atoms with E-state index in [9.17, 15) is 14.9 Å². The molecule has 0 bridgehead atoms. The van der Waals surface area contributed by atoms with E-state index in [2.05, 4.69) is 15.5 Å². The molecule has 2 rings (SSSR count). The van der Waals surface area contributed by atoms with Crippen molar-refractivity contribution in [2.24, 2.45) is 0 Å². The minimum atomic E-state index is -0.599. The largest absolute Gasteiger partial charge is 0.305 e. The van der Waals surface area contributed by atoms with Crippen LogP contribution in [0.15, 0.2) is 30.3 Å². The zero-order chi connectivity index (χ0) is 14.7. The van der Waals surface area contributed by atoms with Gasteiger partial charge in [-0.2, -0.15) is 0 Å². The average Bonchev–Trinajstić information content (AvgIpc) is 2.41. The van der Waals surface area contributed by atoms with Crippen molar-refractivity contribution in [3.63, 3.8) is 0 Å². The number of carbonyl (C=O) groups is 1. The Labute approximate surface area is 122 Å². The second kappa shape index (κ2) is 5.81. The highest BCUT2D eigenvalue weighted by Crippen LogP contribution is 2.23. The highest BCUT2D eigenvalue weighted by atomic mass is 35.5. The standard InChI is InChI=1S/C11H6Cl2N4O3/c12-8-5-6(17(19)20)1-2-7(8)11(18)14-10-4-3-9(13)15-16-10/h1-5H,(H,14,16,18). The molecule has 0 saturated heterocycles. The van der Waals surface area contributed by atoms with Gasteiger partial charge in [0.15, 0.2) is 11.0 Å². The molecule has 0 atom stereocenters. The minimum absolute atomic E-state index is 0.0291. The van der Waals surface area contributed by atoms with Gasteiger partial charge in [0.1, 0.15) is 0 Å². The maximum Gasteiger partial charge on any atom is 0.270 e. The fourth-order valence-electron chi connectivity index (χ4n) is 1.37. The Hall–Kier alpha value is -2.25. The van der Waals surface area contributed by atoms with Crippen LogP contribution in [0.5, 0.6) is 0 Å². The lowest BCUT2D eigenvalue weighted by Gasteiger charge is -2.05. The first-order valence-electron chi connectivity index (χ1n) is 5.22. The van der Waals surface area contributed by atoms with Crippen molar-refractivity contribution in [3.8, 4) is 0 Å². The summed E-state index contributed by atoms with van der Waals surface area (Å²) in [5, 5.41) is 20.4. The predicted molar refractivity (Wildman–Crippen MR) is 73.1 cm³/mol. The van der Waals surface area contributed by atoms with E-state index in [1.54, 1.807) is 0 Å². The van der Waals surface area contributed by atoms with Crippen LogP contribution in [-0.4, -0.2) is 21.0 Å². The molecule has 2 aromatic rings. The zero-order valence-electron chi connectivity index (χ0n) is 9.71. The summed E-state index contributed by atoms with van der Waals surface area (Å²) in [5.41, 5.74) is -0.105. The van der Waals surface area contributed by atoms with Crippen LogP contribution in [0.25, 0.3) is 0 Å². The smallest absolute Gasteiger partial charge is 0.270 e. The molecule has 0 radical (unpaired) electrons. The molecule has 1 aromatic carbocycles. The van der Waals surface area contributed by atoms with Crippen molar-refractivity contribution >= 4 is 40.6 Å². The normalized spacial score (nSPS) is 10.1. The number of anilines is 1. The lowest BCUT2D eigenvalue weighted by molar-refractivity contribution is -0.384. The van der Waals surface area contributed by atoms with Crippen molar-refractivity contribution in [2.75, 3.05) is 5.32 Å². The molecular formula is C11H6Cl2N4O3. The van der Waals surface area contributed by atoms with E-state index in [0.717, 1.165) is 6.07 Å². The zero-order valence-corrected chi connectivity index (χ0v) is 11.2. The molecule has 102 valence electrons. The number of nitrogens with one attached hydrogen (secondary N) is 1.